The SMILES string of the molecule is COc1cccc(CCNc2ccnc(C(=O)Nc3cc(Cl)ccc3C)c2)c1. The standard InChI is InChI=1S/C22H22ClN3O2/c1-15-6-7-17(23)13-20(15)26-22(27)21-14-18(9-11-25-21)24-10-8-16-4-3-5-19(12-16)28-2/h3-7,9,11-14H,8,10H2,1-2H3,(H,24,25)(H,26,27). The fourth-order valence-corrected chi connectivity index (χ4v) is 2.93. The number of carbonyl (C=O) groups excluding carboxylic acids is 1. The molecule has 6 heteroatoms. The van der Waals surface area contributed by atoms with Crippen LogP contribution in [0.4, 0.5) is 11.4 Å². The van der Waals surface area contributed by atoms with Crippen LogP contribution in [0.5, 0.6) is 5.75 Å². The topological polar surface area (TPSA) is 63.2 Å². The highest BCUT2D eigenvalue weighted by Gasteiger charge is 2.10. The molecule has 0 atom stereocenters. The van der Waals surface area contributed by atoms with Crippen molar-refractivity contribution in [2.24, 2.45) is 0 Å². The van der Waals surface area contributed by atoms with Gasteiger partial charge in [0.05, 0.1) is 7.11 Å². The molecule has 0 saturated carbocycles. The maximum Gasteiger partial charge on any atom is 0.274 e. The van der Waals surface area contributed by atoms with E-state index in [1.54, 1.807) is 31.5 Å². The molecule has 3 aromatic rings. The molecule has 2 N–H and O–H groups in total. The van der Waals surface area contributed by atoms with Crippen molar-refractivity contribution in [1.29, 1.82) is 0 Å². The predicted octanol–water partition coefficient (Wildman–Crippen LogP) is 4.96. The van der Waals surface area contributed by atoms with Gasteiger partial charge in [0.2, 0.25) is 0 Å². The average molecular weight is 396 g/mol. The van der Waals surface area contributed by atoms with Gasteiger partial charge in [-0.05, 0) is 60.9 Å². The number of amides is 1. The zero-order chi connectivity index (χ0) is 19.9. The number of rotatable bonds is 7. The molecule has 0 radical (unpaired) electrons. The Morgan fingerprint density at radius 3 is 2.82 bits per heavy atom. The lowest BCUT2D eigenvalue weighted by Gasteiger charge is -2.10. The smallest absolute Gasteiger partial charge is 0.274 e. The molecule has 28 heavy (non-hydrogen) atoms. The van der Waals surface area contributed by atoms with Gasteiger partial charge in [-0.1, -0.05) is 29.8 Å². The molecule has 144 valence electrons. The average Bonchev–Trinajstić information content (AvgIpc) is 2.71. The van der Waals surface area contributed by atoms with Gasteiger partial charge >= 0.3 is 0 Å². The summed E-state index contributed by atoms with van der Waals surface area (Å²) in [5.74, 6) is 0.568. The minimum atomic E-state index is -0.276. The van der Waals surface area contributed by atoms with E-state index in [4.69, 9.17) is 16.3 Å². The quantitative estimate of drug-likeness (QED) is 0.593. The number of nitrogens with zero attached hydrogens (tertiary/aromatic N) is 1. The summed E-state index contributed by atoms with van der Waals surface area (Å²) < 4.78 is 5.24. The molecule has 0 aliphatic heterocycles. The Kier molecular flexibility index (Phi) is 6.50. The van der Waals surface area contributed by atoms with Crippen LogP contribution in [-0.2, 0) is 6.42 Å². The van der Waals surface area contributed by atoms with Crippen LogP contribution >= 0.6 is 11.6 Å². The number of ether oxygens (including phenoxy) is 1. The Hall–Kier alpha value is -3.05. The Bertz CT molecular complexity index is 976. The highest BCUT2D eigenvalue weighted by Crippen LogP contribution is 2.21. The molecule has 0 fully saturated rings. The molecule has 0 unspecified atom stereocenters. The van der Waals surface area contributed by atoms with Crippen LogP contribution in [0.1, 0.15) is 21.6 Å². The van der Waals surface area contributed by atoms with Crippen molar-refractivity contribution in [2.45, 2.75) is 13.3 Å². The summed E-state index contributed by atoms with van der Waals surface area (Å²) in [6, 6.07) is 16.9. The Labute approximate surface area is 169 Å². The maximum absolute atomic E-state index is 12.5. The van der Waals surface area contributed by atoms with Crippen LogP contribution in [0.3, 0.4) is 0 Å². The van der Waals surface area contributed by atoms with Gasteiger partial charge in [-0.25, -0.2) is 0 Å². The van der Waals surface area contributed by atoms with Gasteiger partial charge < -0.3 is 15.4 Å². The lowest BCUT2D eigenvalue weighted by Crippen LogP contribution is -2.15. The minimum absolute atomic E-state index is 0.276. The third-order valence-electron chi connectivity index (χ3n) is 4.32. The minimum Gasteiger partial charge on any atom is -0.497 e. The molecule has 1 aromatic heterocycles. The first-order chi connectivity index (χ1) is 13.5. The molecule has 1 amide bonds. The summed E-state index contributed by atoms with van der Waals surface area (Å²) in [6.07, 6.45) is 2.45. The van der Waals surface area contributed by atoms with Crippen molar-refractivity contribution in [1.82, 2.24) is 4.98 Å². The summed E-state index contributed by atoms with van der Waals surface area (Å²) in [4.78, 5) is 16.7. The monoisotopic (exact) mass is 395 g/mol. The van der Waals surface area contributed by atoms with Crippen LogP contribution in [-0.4, -0.2) is 24.5 Å². The van der Waals surface area contributed by atoms with Gasteiger partial charge in [-0.15, -0.1) is 0 Å². The van der Waals surface area contributed by atoms with E-state index >= 15 is 0 Å². The van der Waals surface area contributed by atoms with Crippen LogP contribution in [0.15, 0.2) is 60.8 Å². The van der Waals surface area contributed by atoms with Gasteiger partial charge in [0.1, 0.15) is 11.4 Å². The van der Waals surface area contributed by atoms with Gasteiger partial charge in [-0.2, -0.15) is 0 Å². The number of benzene rings is 2. The molecule has 5 nitrogen and oxygen atoms in total. The second kappa shape index (κ2) is 9.24. The van der Waals surface area contributed by atoms with Crippen LogP contribution < -0.4 is 15.4 Å². The van der Waals surface area contributed by atoms with Gasteiger partial charge in [-0.3, -0.25) is 9.78 Å². The van der Waals surface area contributed by atoms with Crippen LogP contribution in [0.25, 0.3) is 0 Å². The molecule has 2 aromatic carbocycles. The van der Waals surface area contributed by atoms with E-state index in [0.717, 1.165) is 30.0 Å². The number of halogens is 1. The molecule has 0 aliphatic carbocycles. The highest BCUT2D eigenvalue weighted by molar-refractivity contribution is 6.31. The van der Waals surface area contributed by atoms with Crippen LogP contribution in [0, 0.1) is 6.92 Å². The highest BCUT2D eigenvalue weighted by atomic mass is 35.5. The van der Waals surface area contributed by atoms with Gasteiger partial charge in [0.25, 0.3) is 5.91 Å². The summed E-state index contributed by atoms with van der Waals surface area (Å²) in [6.45, 7) is 2.64. The largest absolute Gasteiger partial charge is 0.497 e. The predicted molar refractivity (Wildman–Crippen MR) is 114 cm³/mol. The third-order valence-corrected chi connectivity index (χ3v) is 4.55. The van der Waals surface area contributed by atoms with E-state index in [2.05, 4.69) is 21.7 Å². The maximum atomic E-state index is 12.5. The van der Waals surface area contributed by atoms with E-state index in [1.807, 2.05) is 37.3 Å². The molecule has 0 spiro atoms. The number of nitrogens with one attached hydrogen (secondary N) is 2. The first-order valence-corrected chi connectivity index (χ1v) is 9.33. The fourth-order valence-electron chi connectivity index (χ4n) is 2.76. The second-order valence-corrected chi connectivity index (χ2v) is 6.81. The van der Waals surface area contributed by atoms with Crippen molar-refractivity contribution >= 4 is 28.9 Å². The van der Waals surface area contributed by atoms with E-state index in [1.165, 1.54) is 5.56 Å². The second-order valence-electron chi connectivity index (χ2n) is 6.37. The number of hydrogen-bond acceptors (Lipinski definition) is 4. The summed E-state index contributed by atoms with van der Waals surface area (Å²) in [7, 11) is 1.66. The Balaban J connectivity index is 1.61. The van der Waals surface area contributed by atoms with E-state index in [9.17, 15) is 4.79 Å². The third kappa shape index (κ3) is 5.24. The van der Waals surface area contributed by atoms with Crippen molar-refractivity contribution in [3.8, 4) is 5.75 Å². The molecule has 1 heterocycles. The van der Waals surface area contributed by atoms with Crippen molar-refractivity contribution in [3.63, 3.8) is 0 Å². The number of hydrogen-bond donors (Lipinski definition) is 2. The summed E-state index contributed by atoms with van der Waals surface area (Å²) in [5.41, 5.74) is 3.97. The lowest BCUT2D eigenvalue weighted by atomic mass is 10.1. The van der Waals surface area contributed by atoms with Gasteiger partial charge in [0, 0.05) is 29.1 Å². The number of pyridine rings is 1. The normalized spacial score (nSPS) is 10.4. The molecular weight excluding hydrogens is 374 g/mol. The molecule has 0 bridgehead atoms. The Morgan fingerprint density at radius 1 is 1.14 bits per heavy atom. The Morgan fingerprint density at radius 2 is 2.00 bits per heavy atom. The number of methoxy groups -OCH3 is 1. The first kappa shape index (κ1) is 19.7. The van der Waals surface area contributed by atoms with E-state index < -0.39 is 0 Å². The zero-order valence-electron chi connectivity index (χ0n) is 15.8. The van der Waals surface area contributed by atoms with Crippen LogP contribution in [0.2, 0.25) is 5.02 Å². The van der Waals surface area contributed by atoms with Crippen molar-refractivity contribution in [2.75, 3.05) is 24.3 Å². The molecular formula is C22H22ClN3O2. The molecule has 0 saturated heterocycles. The first-order valence-electron chi connectivity index (χ1n) is 8.95. The lowest BCUT2D eigenvalue weighted by molar-refractivity contribution is 0.102. The number of carbonyl (C=O) groups is 1. The fraction of sp³-hybridized carbons (Fsp3) is 0.182. The van der Waals surface area contributed by atoms with Crippen molar-refractivity contribution in [3.05, 3.63) is 82.6 Å². The molecule has 0 aliphatic rings. The molecule has 3 rings (SSSR count). The summed E-state index contributed by atoms with van der Waals surface area (Å²) in [5, 5.41) is 6.76. The number of aryl methyl sites for hydroxylation is 1. The zero-order valence-corrected chi connectivity index (χ0v) is 16.6. The summed E-state index contributed by atoms with van der Waals surface area (Å²) >= 11 is 6.01. The van der Waals surface area contributed by atoms with Crippen molar-refractivity contribution < 1.29 is 9.53 Å². The number of aromatic nitrogens is 1. The van der Waals surface area contributed by atoms with Gasteiger partial charge in [0.15, 0.2) is 0 Å². The van der Waals surface area contributed by atoms with E-state index in [-0.39, 0.29) is 5.91 Å². The number of anilines is 2. The van der Waals surface area contributed by atoms with E-state index in [0.29, 0.717) is 16.4 Å².